The van der Waals surface area contributed by atoms with E-state index in [0.717, 1.165) is 12.8 Å². The lowest BCUT2D eigenvalue weighted by Crippen LogP contribution is -2.45. The highest BCUT2D eigenvalue weighted by Gasteiger charge is 2.27. The second-order valence-electron chi connectivity index (χ2n) is 6.10. The summed E-state index contributed by atoms with van der Waals surface area (Å²) in [6.45, 7) is 4.53. The summed E-state index contributed by atoms with van der Waals surface area (Å²) in [7, 11) is 0. The van der Waals surface area contributed by atoms with Gasteiger partial charge in [0.15, 0.2) is 0 Å². The highest BCUT2D eigenvalue weighted by Crippen LogP contribution is 2.29. The second kappa shape index (κ2) is 7.24. The number of hydrogen-bond donors (Lipinski definition) is 2. The maximum atomic E-state index is 12.0. The molecule has 1 fully saturated rings. The Morgan fingerprint density at radius 1 is 1.36 bits per heavy atom. The van der Waals surface area contributed by atoms with Gasteiger partial charge in [-0.1, -0.05) is 32.8 Å². The topological polar surface area (TPSA) is 84.3 Å². The van der Waals surface area contributed by atoms with Gasteiger partial charge in [-0.2, -0.15) is 0 Å². The van der Waals surface area contributed by atoms with E-state index in [4.69, 9.17) is 0 Å². The first-order valence-corrected chi connectivity index (χ1v) is 7.75. The van der Waals surface area contributed by atoms with Gasteiger partial charge in [0.05, 0.1) is 11.5 Å². The Bertz CT molecular complexity index is 547. The average molecular weight is 305 g/mol. The van der Waals surface area contributed by atoms with Crippen LogP contribution in [0.15, 0.2) is 24.3 Å². The van der Waals surface area contributed by atoms with Crippen LogP contribution in [-0.2, 0) is 4.79 Å². The number of nitro groups is 1. The number of nitrogens with zero attached hydrogens (tertiary/aromatic N) is 1. The lowest BCUT2D eigenvalue weighted by atomic mass is 9.78. The third kappa shape index (κ3) is 4.19. The number of carbonyl (C=O) groups excluding carboxylic acids is 1. The van der Waals surface area contributed by atoms with Crippen LogP contribution in [0.4, 0.5) is 11.4 Å². The molecule has 3 atom stereocenters. The van der Waals surface area contributed by atoms with Crippen molar-refractivity contribution in [3.8, 4) is 0 Å². The molecule has 0 heterocycles. The molecule has 1 aromatic carbocycles. The van der Waals surface area contributed by atoms with Crippen LogP contribution in [-0.4, -0.2) is 23.4 Å². The highest BCUT2D eigenvalue weighted by molar-refractivity contribution is 5.81. The smallest absolute Gasteiger partial charge is 0.271 e. The molecule has 1 amide bonds. The molecule has 6 nitrogen and oxygen atoms in total. The summed E-state index contributed by atoms with van der Waals surface area (Å²) in [6.07, 6.45) is 3.39. The molecule has 0 aromatic heterocycles. The largest absolute Gasteiger partial charge is 0.376 e. The van der Waals surface area contributed by atoms with Gasteiger partial charge in [-0.3, -0.25) is 14.9 Å². The summed E-state index contributed by atoms with van der Waals surface area (Å²) in [5, 5.41) is 16.7. The third-order valence-electron chi connectivity index (χ3n) is 4.56. The molecule has 1 aliphatic rings. The fraction of sp³-hybridized carbons (Fsp3) is 0.562. The molecule has 0 spiro atoms. The van der Waals surface area contributed by atoms with E-state index in [1.807, 2.05) is 0 Å². The molecule has 2 rings (SSSR count). The fourth-order valence-corrected chi connectivity index (χ4v) is 2.96. The minimum absolute atomic E-state index is 0.0140. The first kappa shape index (κ1) is 16.3. The van der Waals surface area contributed by atoms with E-state index in [2.05, 4.69) is 24.5 Å². The van der Waals surface area contributed by atoms with Crippen molar-refractivity contribution in [2.24, 2.45) is 11.8 Å². The van der Waals surface area contributed by atoms with Gasteiger partial charge < -0.3 is 10.6 Å². The second-order valence-corrected chi connectivity index (χ2v) is 6.10. The molecule has 1 aromatic rings. The van der Waals surface area contributed by atoms with Gasteiger partial charge in [0, 0.05) is 23.9 Å². The van der Waals surface area contributed by atoms with Gasteiger partial charge in [0.2, 0.25) is 5.91 Å². The monoisotopic (exact) mass is 305 g/mol. The van der Waals surface area contributed by atoms with Crippen molar-refractivity contribution in [1.82, 2.24) is 5.32 Å². The Morgan fingerprint density at radius 2 is 2.14 bits per heavy atom. The van der Waals surface area contributed by atoms with Crippen LogP contribution < -0.4 is 10.6 Å². The van der Waals surface area contributed by atoms with E-state index in [9.17, 15) is 14.9 Å². The van der Waals surface area contributed by atoms with Crippen LogP contribution in [0.1, 0.15) is 33.1 Å². The molecule has 22 heavy (non-hydrogen) atoms. The normalized spacial score (nSPS) is 24.5. The molecule has 120 valence electrons. The predicted molar refractivity (Wildman–Crippen MR) is 85.7 cm³/mol. The Labute approximate surface area is 130 Å². The first-order valence-electron chi connectivity index (χ1n) is 7.75. The van der Waals surface area contributed by atoms with Gasteiger partial charge in [0.25, 0.3) is 5.69 Å². The van der Waals surface area contributed by atoms with Crippen LogP contribution in [0, 0.1) is 22.0 Å². The number of carbonyl (C=O) groups is 1. The van der Waals surface area contributed by atoms with Gasteiger partial charge in [-0.25, -0.2) is 0 Å². The van der Waals surface area contributed by atoms with Crippen LogP contribution in [0.5, 0.6) is 0 Å². The number of anilines is 1. The lowest BCUT2D eigenvalue weighted by molar-refractivity contribution is -0.384. The number of rotatable bonds is 5. The average Bonchev–Trinajstić information content (AvgIpc) is 2.50. The summed E-state index contributed by atoms with van der Waals surface area (Å²) >= 11 is 0. The molecule has 0 unspecified atom stereocenters. The molecule has 0 radical (unpaired) electrons. The fourth-order valence-electron chi connectivity index (χ4n) is 2.96. The molecular formula is C16H23N3O3. The van der Waals surface area contributed by atoms with Crippen molar-refractivity contribution in [3.05, 3.63) is 34.4 Å². The Kier molecular flexibility index (Phi) is 5.35. The maximum absolute atomic E-state index is 12.0. The van der Waals surface area contributed by atoms with E-state index in [-0.39, 0.29) is 24.2 Å². The Hall–Kier alpha value is -2.11. The van der Waals surface area contributed by atoms with E-state index >= 15 is 0 Å². The molecule has 1 saturated carbocycles. The number of benzene rings is 1. The van der Waals surface area contributed by atoms with E-state index in [1.165, 1.54) is 18.6 Å². The van der Waals surface area contributed by atoms with Crippen LogP contribution in [0.2, 0.25) is 0 Å². The summed E-state index contributed by atoms with van der Waals surface area (Å²) in [4.78, 5) is 22.3. The van der Waals surface area contributed by atoms with Gasteiger partial charge in [-0.15, -0.1) is 0 Å². The molecule has 1 aliphatic carbocycles. The third-order valence-corrected chi connectivity index (χ3v) is 4.56. The summed E-state index contributed by atoms with van der Waals surface area (Å²) < 4.78 is 0. The van der Waals surface area contributed by atoms with Crippen molar-refractivity contribution in [3.63, 3.8) is 0 Å². The number of amides is 1. The highest BCUT2D eigenvalue weighted by atomic mass is 16.6. The van der Waals surface area contributed by atoms with Crippen molar-refractivity contribution < 1.29 is 9.72 Å². The summed E-state index contributed by atoms with van der Waals surface area (Å²) in [5.41, 5.74) is 0.592. The summed E-state index contributed by atoms with van der Waals surface area (Å²) in [5.74, 6) is 1.04. The van der Waals surface area contributed by atoms with Gasteiger partial charge in [-0.05, 0) is 24.3 Å². The minimum atomic E-state index is -0.448. The number of nitrogens with one attached hydrogen (secondary N) is 2. The zero-order chi connectivity index (χ0) is 16.1. The Balaban J connectivity index is 1.85. The molecule has 0 bridgehead atoms. The van der Waals surface area contributed by atoms with Crippen LogP contribution >= 0.6 is 0 Å². The number of hydrogen-bond acceptors (Lipinski definition) is 4. The first-order chi connectivity index (χ1) is 10.5. The molecule has 6 heteroatoms. The Morgan fingerprint density at radius 3 is 2.86 bits per heavy atom. The van der Waals surface area contributed by atoms with E-state index in [1.54, 1.807) is 12.1 Å². The SMILES string of the molecule is C[C@H]1[C@@H](NC(=O)CNc2cccc([N+](=O)[O-])c2)CCC[C@@H]1C. The predicted octanol–water partition coefficient (Wildman–Crippen LogP) is 2.95. The minimum Gasteiger partial charge on any atom is -0.376 e. The van der Waals surface area contributed by atoms with Crippen molar-refractivity contribution >= 4 is 17.3 Å². The molecule has 2 N–H and O–H groups in total. The van der Waals surface area contributed by atoms with E-state index in [0.29, 0.717) is 17.5 Å². The summed E-state index contributed by atoms with van der Waals surface area (Å²) in [6, 6.07) is 6.40. The zero-order valence-electron chi connectivity index (χ0n) is 13.0. The van der Waals surface area contributed by atoms with Crippen LogP contribution in [0.25, 0.3) is 0 Å². The molecule has 0 saturated heterocycles. The van der Waals surface area contributed by atoms with Crippen molar-refractivity contribution in [2.75, 3.05) is 11.9 Å². The molecule has 0 aliphatic heterocycles. The standard InChI is InChI=1S/C16H23N3O3/c1-11-5-3-8-15(12(11)2)18-16(20)10-17-13-6-4-7-14(9-13)19(21)22/h4,6-7,9,11-12,15,17H,3,5,8,10H2,1-2H3,(H,18,20)/t11-,12+,15-/m0/s1. The van der Waals surface area contributed by atoms with Gasteiger partial charge in [0.1, 0.15) is 0 Å². The van der Waals surface area contributed by atoms with Crippen LogP contribution in [0.3, 0.4) is 0 Å². The lowest BCUT2D eigenvalue weighted by Gasteiger charge is -2.34. The van der Waals surface area contributed by atoms with Gasteiger partial charge >= 0.3 is 0 Å². The molecular weight excluding hydrogens is 282 g/mol. The van der Waals surface area contributed by atoms with Crippen molar-refractivity contribution in [1.29, 1.82) is 0 Å². The van der Waals surface area contributed by atoms with Crippen molar-refractivity contribution in [2.45, 2.75) is 39.2 Å². The zero-order valence-corrected chi connectivity index (χ0v) is 13.0. The quantitative estimate of drug-likeness (QED) is 0.647. The number of nitro benzene ring substituents is 1. The van der Waals surface area contributed by atoms with E-state index < -0.39 is 4.92 Å². The maximum Gasteiger partial charge on any atom is 0.271 e. The number of non-ortho nitro benzene ring substituents is 1.